The second-order valence-corrected chi connectivity index (χ2v) is 15.2. The number of hydrogen-bond acceptors (Lipinski definition) is 7. The van der Waals surface area contributed by atoms with Crippen LogP contribution in [0.3, 0.4) is 0 Å². The zero-order valence-corrected chi connectivity index (χ0v) is 30.5. The van der Waals surface area contributed by atoms with Crippen molar-refractivity contribution in [3.63, 3.8) is 0 Å². The van der Waals surface area contributed by atoms with Crippen molar-refractivity contribution >= 4 is 25.0 Å². The van der Waals surface area contributed by atoms with Gasteiger partial charge in [0.2, 0.25) is 11.8 Å². The average molecular weight is 701 g/mol. The third kappa shape index (κ3) is 9.06. The van der Waals surface area contributed by atoms with Crippen molar-refractivity contribution in [2.24, 2.45) is 28.3 Å². The summed E-state index contributed by atoms with van der Waals surface area (Å²) < 4.78 is 18.9. The summed E-state index contributed by atoms with van der Waals surface area (Å²) in [5.74, 6) is -0.608. The molecule has 1 saturated heterocycles. The number of nitrogens with one attached hydrogen (secondary N) is 3. The van der Waals surface area contributed by atoms with E-state index < -0.39 is 42.7 Å². The Balaban J connectivity index is 1.30. The molecule has 3 aliphatic carbocycles. The van der Waals surface area contributed by atoms with E-state index in [1.165, 1.54) is 0 Å². The molecule has 8 atom stereocenters. The standard InChI is InChI=1S/C38H53BN6O6/c1-6-25(2)33(44-34(46)29(19-13-14-20-41-45-40)42-36(48)49-24-27-17-11-8-12-18-27)35(47)43-32(21-26-15-9-7-10-16-26)39-50-31-23-28-22-30(37(28,3)4)38(31,5)51-39/h7-12,15-18,25,28-33H,6,13-14,19-24H2,1-5H3,(H,42,48)(H,43,47)(H,44,46)/t25-,28-,29-,30-,31+,32-,33-,38-/m0/s1. The Morgan fingerprint density at radius 1 is 0.980 bits per heavy atom. The number of nitrogens with zero attached hydrogens (tertiary/aromatic N) is 3. The molecule has 0 radical (unpaired) electrons. The fourth-order valence-electron chi connectivity index (χ4n) is 8.13. The van der Waals surface area contributed by atoms with E-state index in [9.17, 15) is 14.4 Å². The molecule has 51 heavy (non-hydrogen) atoms. The highest BCUT2D eigenvalue weighted by Crippen LogP contribution is 2.65. The molecule has 2 bridgehead atoms. The Hall–Kier alpha value is -4.06. The molecular formula is C38H53BN6O6. The van der Waals surface area contributed by atoms with Gasteiger partial charge in [0.1, 0.15) is 18.7 Å². The smallest absolute Gasteiger partial charge is 0.445 e. The summed E-state index contributed by atoms with van der Waals surface area (Å²) in [6.07, 6.45) is 3.67. The lowest BCUT2D eigenvalue weighted by molar-refractivity contribution is -0.199. The summed E-state index contributed by atoms with van der Waals surface area (Å²) in [5.41, 5.74) is 10.2. The molecule has 274 valence electrons. The summed E-state index contributed by atoms with van der Waals surface area (Å²) in [5, 5.41) is 12.4. The Bertz CT molecular complexity index is 1540. The minimum atomic E-state index is -0.974. The molecule has 6 rings (SSSR count). The van der Waals surface area contributed by atoms with Crippen molar-refractivity contribution in [2.75, 3.05) is 6.54 Å². The van der Waals surface area contributed by atoms with Crippen molar-refractivity contribution in [1.29, 1.82) is 0 Å². The minimum absolute atomic E-state index is 0.0444. The van der Waals surface area contributed by atoms with Crippen LogP contribution in [-0.2, 0) is 36.7 Å². The van der Waals surface area contributed by atoms with Gasteiger partial charge < -0.3 is 30.0 Å². The maximum Gasteiger partial charge on any atom is 0.482 e. The first-order chi connectivity index (χ1) is 24.5. The highest BCUT2D eigenvalue weighted by Gasteiger charge is 2.68. The number of hydrogen-bond donors (Lipinski definition) is 3. The SMILES string of the molecule is CC[C@H](C)[C@H](NC(=O)[C@H](CCCCN=[N+]=[N-])NC(=O)OCc1ccccc1)C(=O)N[C@@H](Cc1ccccc1)B1O[C@@H]2C[C@@H]3C[C@@H](C3(C)C)[C@]2(C)O1. The summed E-state index contributed by atoms with van der Waals surface area (Å²) >= 11 is 0. The van der Waals surface area contributed by atoms with Crippen LogP contribution in [0.15, 0.2) is 65.8 Å². The highest BCUT2D eigenvalue weighted by atomic mass is 16.7. The highest BCUT2D eigenvalue weighted by molar-refractivity contribution is 6.48. The molecule has 4 aliphatic rings. The van der Waals surface area contributed by atoms with Crippen LogP contribution < -0.4 is 16.0 Å². The fraction of sp³-hybridized carbons (Fsp3) is 0.605. The van der Waals surface area contributed by atoms with Crippen molar-refractivity contribution in [1.82, 2.24) is 16.0 Å². The van der Waals surface area contributed by atoms with Gasteiger partial charge in [-0.05, 0) is 78.9 Å². The number of azide groups is 1. The van der Waals surface area contributed by atoms with Crippen molar-refractivity contribution in [3.8, 4) is 0 Å². The lowest BCUT2D eigenvalue weighted by atomic mass is 9.43. The second-order valence-electron chi connectivity index (χ2n) is 15.2. The molecule has 3 saturated carbocycles. The molecule has 4 fully saturated rings. The molecule has 0 spiro atoms. The summed E-state index contributed by atoms with van der Waals surface area (Å²) in [7, 11) is -0.655. The molecule has 2 aromatic rings. The molecular weight excluding hydrogens is 647 g/mol. The molecule has 1 aliphatic heterocycles. The zero-order valence-electron chi connectivity index (χ0n) is 30.5. The normalized spacial score (nSPS) is 25.1. The van der Waals surface area contributed by atoms with E-state index >= 15 is 0 Å². The predicted octanol–water partition coefficient (Wildman–Crippen LogP) is 6.29. The van der Waals surface area contributed by atoms with E-state index in [4.69, 9.17) is 19.6 Å². The first-order valence-electron chi connectivity index (χ1n) is 18.4. The molecule has 0 unspecified atom stereocenters. The van der Waals surface area contributed by atoms with E-state index in [1.807, 2.05) is 74.5 Å². The molecule has 12 nitrogen and oxygen atoms in total. The van der Waals surface area contributed by atoms with Crippen LogP contribution in [-0.4, -0.2) is 61.3 Å². The van der Waals surface area contributed by atoms with Gasteiger partial charge in [0.05, 0.1) is 17.6 Å². The van der Waals surface area contributed by atoms with Gasteiger partial charge in [0.25, 0.3) is 0 Å². The molecule has 1 heterocycles. The Kier molecular flexibility index (Phi) is 12.7. The van der Waals surface area contributed by atoms with Crippen LogP contribution in [0.25, 0.3) is 10.4 Å². The average Bonchev–Trinajstić information content (AvgIpc) is 3.49. The van der Waals surface area contributed by atoms with Gasteiger partial charge in [0, 0.05) is 11.5 Å². The van der Waals surface area contributed by atoms with Crippen LogP contribution in [0.2, 0.25) is 0 Å². The van der Waals surface area contributed by atoms with Crippen LogP contribution >= 0.6 is 0 Å². The quantitative estimate of drug-likeness (QED) is 0.0578. The topological polar surface area (TPSA) is 164 Å². The number of rotatable bonds is 17. The van der Waals surface area contributed by atoms with Gasteiger partial charge in [-0.3, -0.25) is 9.59 Å². The van der Waals surface area contributed by atoms with Gasteiger partial charge in [0.15, 0.2) is 0 Å². The van der Waals surface area contributed by atoms with Crippen LogP contribution in [0.1, 0.15) is 84.3 Å². The Labute approximate surface area is 301 Å². The summed E-state index contributed by atoms with van der Waals surface area (Å²) in [6.45, 7) is 11.0. The lowest BCUT2D eigenvalue weighted by Gasteiger charge is -2.64. The molecule has 2 aromatic carbocycles. The third-order valence-electron chi connectivity index (χ3n) is 11.6. The Morgan fingerprint density at radius 2 is 1.67 bits per heavy atom. The molecule has 0 aromatic heterocycles. The number of carbonyl (C=O) groups is 3. The van der Waals surface area contributed by atoms with Crippen LogP contribution in [0.5, 0.6) is 0 Å². The van der Waals surface area contributed by atoms with Crippen molar-refractivity contribution < 1.29 is 28.4 Å². The number of carbonyl (C=O) groups excluding carboxylic acids is 3. The molecule has 3 amide bonds. The van der Waals surface area contributed by atoms with Gasteiger partial charge in [-0.15, -0.1) is 0 Å². The first-order valence-corrected chi connectivity index (χ1v) is 18.4. The van der Waals surface area contributed by atoms with Gasteiger partial charge in [-0.2, -0.15) is 0 Å². The van der Waals surface area contributed by atoms with Crippen LogP contribution in [0.4, 0.5) is 4.79 Å². The monoisotopic (exact) mass is 700 g/mol. The van der Waals surface area contributed by atoms with E-state index in [0.717, 1.165) is 24.0 Å². The summed E-state index contributed by atoms with van der Waals surface area (Å²) in [4.78, 5) is 43.7. The van der Waals surface area contributed by atoms with Gasteiger partial charge >= 0.3 is 13.2 Å². The first kappa shape index (κ1) is 38.2. The van der Waals surface area contributed by atoms with Crippen LogP contribution in [0, 0.1) is 23.2 Å². The molecule has 3 N–H and O–H groups in total. The van der Waals surface area contributed by atoms with Crippen molar-refractivity contribution in [2.45, 2.75) is 116 Å². The number of amides is 3. The molecule has 13 heteroatoms. The van der Waals surface area contributed by atoms with Gasteiger partial charge in [-0.1, -0.05) is 106 Å². The number of benzene rings is 2. The maximum atomic E-state index is 14.2. The van der Waals surface area contributed by atoms with E-state index in [-0.39, 0.29) is 42.9 Å². The lowest BCUT2D eigenvalue weighted by Crippen LogP contribution is -2.65. The van der Waals surface area contributed by atoms with Gasteiger partial charge in [-0.25, -0.2) is 4.79 Å². The fourth-order valence-corrected chi connectivity index (χ4v) is 8.13. The van der Waals surface area contributed by atoms with E-state index in [1.54, 1.807) is 0 Å². The Morgan fingerprint density at radius 3 is 2.31 bits per heavy atom. The van der Waals surface area contributed by atoms with E-state index in [2.05, 4.69) is 46.7 Å². The summed E-state index contributed by atoms with van der Waals surface area (Å²) in [6, 6.07) is 17.3. The van der Waals surface area contributed by atoms with Crippen molar-refractivity contribution in [3.05, 3.63) is 82.2 Å². The number of ether oxygens (including phenoxy) is 1. The number of alkyl carbamates (subject to hydrolysis) is 1. The number of unbranched alkanes of at least 4 members (excludes halogenated alkanes) is 1. The maximum absolute atomic E-state index is 14.2. The minimum Gasteiger partial charge on any atom is -0.445 e. The third-order valence-corrected chi connectivity index (χ3v) is 11.6. The second kappa shape index (κ2) is 17.0. The van der Waals surface area contributed by atoms with E-state index in [0.29, 0.717) is 37.5 Å². The largest absolute Gasteiger partial charge is 0.482 e. The zero-order chi connectivity index (χ0) is 36.6. The predicted molar refractivity (Wildman–Crippen MR) is 195 cm³/mol.